The van der Waals surface area contributed by atoms with E-state index < -0.39 is 10.0 Å². The van der Waals surface area contributed by atoms with E-state index in [1.165, 1.54) is 4.31 Å². The zero-order chi connectivity index (χ0) is 20.3. The van der Waals surface area contributed by atoms with Crippen molar-refractivity contribution in [1.29, 1.82) is 0 Å². The minimum atomic E-state index is -3.47. The topological polar surface area (TPSA) is 71.4 Å². The van der Waals surface area contributed by atoms with Gasteiger partial charge in [-0.1, -0.05) is 18.2 Å². The van der Waals surface area contributed by atoms with Crippen molar-refractivity contribution in [2.24, 2.45) is 0 Å². The monoisotopic (exact) mass is 409 g/mol. The van der Waals surface area contributed by atoms with Gasteiger partial charge < -0.3 is 9.88 Å². The van der Waals surface area contributed by atoms with E-state index in [9.17, 15) is 13.2 Å². The van der Waals surface area contributed by atoms with Gasteiger partial charge in [0.05, 0.1) is 4.90 Å². The Kier molecular flexibility index (Phi) is 5.51. The number of amides is 1. The summed E-state index contributed by atoms with van der Waals surface area (Å²) in [6.45, 7) is 0.795. The summed E-state index contributed by atoms with van der Waals surface area (Å²) in [7, 11) is -3.47. The van der Waals surface area contributed by atoms with Gasteiger partial charge in [0.25, 0.3) is 5.91 Å². The second kappa shape index (κ2) is 8.23. The molecule has 2 aromatic carbocycles. The summed E-state index contributed by atoms with van der Waals surface area (Å²) >= 11 is 0. The van der Waals surface area contributed by atoms with Crippen molar-refractivity contribution >= 4 is 15.9 Å². The van der Waals surface area contributed by atoms with E-state index in [4.69, 9.17) is 0 Å². The van der Waals surface area contributed by atoms with Crippen LogP contribution >= 0.6 is 0 Å². The number of hydrogen-bond donors (Lipinski definition) is 1. The number of benzene rings is 2. The molecule has 29 heavy (non-hydrogen) atoms. The lowest BCUT2D eigenvalue weighted by molar-refractivity contribution is 0.0924. The summed E-state index contributed by atoms with van der Waals surface area (Å²) in [5.74, 6) is -0.131. The first-order chi connectivity index (χ1) is 14.0. The van der Waals surface area contributed by atoms with Gasteiger partial charge in [0.15, 0.2) is 0 Å². The highest BCUT2D eigenvalue weighted by Gasteiger charge is 2.29. The van der Waals surface area contributed by atoms with Crippen LogP contribution in [0.15, 0.2) is 84.0 Å². The molecule has 6 nitrogen and oxygen atoms in total. The van der Waals surface area contributed by atoms with Crippen LogP contribution in [-0.2, 0) is 10.0 Å². The molecule has 0 radical (unpaired) electrons. The van der Waals surface area contributed by atoms with E-state index in [0.29, 0.717) is 36.4 Å². The van der Waals surface area contributed by atoms with Gasteiger partial charge in [-0.15, -0.1) is 0 Å². The average Bonchev–Trinajstić information content (AvgIpc) is 3.30. The number of carbonyl (C=O) groups is 1. The molecule has 0 saturated carbocycles. The summed E-state index contributed by atoms with van der Waals surface area (Å²) in [5.41, 5.74) is 1.59. The molecule has 1 saturated heterocycles. The maximum Gasteiger partial charge on any atom is 0.251 e. The molecule has 1 fully saturated rings. The van der Waals surface area contributed by atoms with Crippen LogP contribution < -0.4 is 5.32 Å². The van der Waals surface area contributed by atoms with Crippen molar-refractivity contribution in [3.8, 4) is 5.69 Å². The van der Waals surface area contributed by atoms with Crippen LogP contribution in [0.3, 0.4) is 0 Å². The number of sulfonamides is 1. The molecule has 7 heteroatoms. The number of aromatic nitrogens is 1. The first-order valence-electron chi connectivity index (χ1n) is 9.63. The average molecular weight is 410 g/mol. The highest BCUT2D eigenvalue weighted by molar-refractivity contribution is 7.89. The number of carbonyl (C=O) groups excluding carboxylic acids is 1. The standard InChI is InChI=1S/C22H23N3O3S/c26-22(18-8-10-20(11-9-18)24-14-4-5-15-24)23-19-12-16-25(17-13-19)29(27,28)21-6-2-1-3-7-21/h1-11,14-15,19H,12-13,16-17H2,(H,23,26). The van der Waals surface area contributed by atoms with Crippen molar-refractivity contribution in [3.63, 3.8) is 0 Å². The van der Waals surface area contributed by atoms with Crippen molar-refractivity contribution in [2.75, 3.05) is 13.1 Å². The van der Waals surface area contributed by atoms with E-state index in [1.54, 1.807) is 42.5 Å². The van der Waals surface area contributed by atoms with Gasteiger partial charge in [0, 0.05) is 42.8 Å². The molecule has 0 spiro atoms. The van der Waals surface area contributed by atoms with Gasteiger partial charge in [-0.05, 0) is 61.4 Å². The largest absolute Gasteiger partial charge is 0.349 e. The first kappa shape index (κ1) is 19.4. The third-order valence-corrected chi connectivity index (χ3v) is 7.12. The lowest BCUT2D eigenvalue weighted by atomic mass is 10.1. The maximum atomic E-state index is 12.7. The van der Waals surface area contributed by atoms with Crippen molar-refractivity contribution in [3.05, 3.63) is 84.7 Å². The van der Waals surface area contributed by atoms with Gasteiger partial charge in [0.1, 0.15) is 0 Å². The predicted octanol–water partition coefficient (Wildman–Crippen LogP) is 3.06. The third kappa shape index (κ3) is 4.26. The molecule has 0 bridgehead atoms. The number of rotatable bonds is 5. The molecule has 0 unspecified atom stereocenters. The van der Waals surface area contributed by atoms with Gasteiger partial charge >= 0.3 is 0 Å². The van der Waals surface area contributed by atoms with Crippen molar-refractivity contribution in [2.45, 2.75) is 23.8 Å². The van der Waals surface area contributed by atoms with Gasteiger partial charge in [-0.2, -0.15) is 4.31 Å². The van der Waals surface area contributed by atoms with Crippen molar-refractivity contribution in [1.82, 2.24) is 14.2 Å². The minimum Gasteiger partial charge on any atom is -0.349 e. The summed E-state index contributed by atoms with van der Waals surface area (Å²) < 4.78 is 28.9. The quantitative estimate of drug-likeness (QED) is 0.704. The SMILES string of the molecule is O=C(NC1CCN(S(=O)(=O)c2ccccc2)CC1)c1ccc(-n2cccc2)cc1. The summed E-state index contributed by atoms with van der Waals surface area (Å²) in [4.78, 5) is 12.9. The smallest absolute Gasteiger partial charge is 0.251 e. The Morgan fingerprint density at radius 3 is 2.10 bits per heavy atom. The third-order valence-electron chi connectivity index (χ3n) is 5.20. The Labute approximate surface area is 170 Å². The van der Waals surface area contributed by atoms with Crippen LogP contribution in [-0.4, -0.2) is 42.3 Å². The predicted molar refractivity (Wildman–Crippen MR) is 111 cm³/mol. The van der Waals surface area contributed by atoms with Crippen LogP contribution in [0.5, 0.6) is 0 Å². The van der Waals surface area contributed by atoms with Gasteiger partial charge in [0.2, 0.25) is 10.0 Å². The normalized spacial score (nSPS) is 15.9. The van der Waals surface area contributed by atoms with E-state index in [2.05, 4.69) is 5.32 Å². The summed E-state index contributed by atoms with van der Waals surface area (Å²) in [5, 5.41) is 3.03. The lowest BCUT2D eigenvalue weighted by Gasteiger charge is -2.31. The zero-order valence-corrected chi connectivity index (χ0v) is 16.8. The Balaban J connectivity index is 1.34. The van der Waals surface area contributed by atoms with Crippen LogP contribution in [0.2, 0.25) is 0 Å². The fourth-order valence-corrected chi connectivity index (χ4v) is 5.03. The van der Waals surface area contributed by atoms with E-state index in [-0.39, 0.29) is 11.9 Å². The molecule has 2 heterocycles. The number of piperidine rings is 1. The molecular weight excluding hydrogens is 386 g/mol. The fraction of sp³-hybridized carbons (Fsp3) is 0.227. The van der Waals surface area contributed by atoms with E-state index in [0.717, 1.165) is 5.69 Å². The van der Waals surface area contributed by atoms with Crippen LogP contribution in [0.25, 0.3) is 5.69 Å². The van der Waals surface area contributed by atoms with Crippen LogP contribution in [0.1, 0.15) is 23.2 Å². The molecule has 4 rings (SSSR count). The Hall–Kier alpha value is -2.90. The molecule has 1 amide bonds. The fourth-order valence-electron chi connectivity index (χ4n) is 3.54. The minimum absolute atomic E-state index is 0.0335. The Bertz CT molecular complexity index is 1050. The lowest BCUT2D eigenvalue weighted by Crippen LogP contribution is -2.46. The van der Waals surface area contributed by atoms with Crippen LogP contribution in [0.4, 0.5) is 0 Å². The highest BCUT2D eigenvalue weighted by Crippen LogP contribution is 2.21. The second-order valence-corrected chi connectivity index (χ2v) is 9.04. The molecule has 150 valence electrons. The molecule has 1 N–H and O–H groups in total. The summed E-state index contributed by atoms with van der Waals surface area (Å²) in [6, 6.07) is 19.8. The number of nitrogens with zero attached hydrogens (tertiary/aromatic N) is 2. The maximum absolute atomic E-state index is 12.7. The van der Waals surface area contributed by atoms with Crippen molar-refractivity contribution < 1.29 is 13.2 Å². The van der Waals surface area contributed by atoms with E-state index >= 15 is 0 Å². The molecule has 0 aliphatic carbocycles. The Morgan fingerprint density at radius 2 is 1.48 bits per heavy atom. The van der Waals surface area contributed by atoms with Gasteiger partial charge in [-0.3, -0.25) is 4.79 Å². The van der Waals surface area contributed by atoms with Crippen LogP contribution in [0, 0.1) is 0 Å². The molecular formula is C22H23N3O3S. The van der Waals surface area contributed by atoms with E-state index in [1.807, 2.05) is 41.2 Å². The Morgan fingerprint density at radius 1 is 0.862 bits per heavy atom. The second-order valence-electron chi connectivity index (χ2n) is 7.10. The molecule has 1 aromatic heterocycles. The molecule has 0 atom stereocenters. The molecule has 1 aliphatic heterocycles. The molecule has 3 aromatic rings. The number of nitrogens with one attached hydrogen (secondary N) is 1. The highest BCUT2D eigenvalue weighted by atomic mass is 32.2. The zero-order valence-electron chi connectivity index (χ0n) is 15.9. The first-order valence-corrected chi connectivity index (χ1v) is 11.1. The van der Waals surface area contributed by atoms with Gasteiger partial charge in [-0.25, -0.2) is 8.42 Å². The number of hydrogen-bond acceptors (Lipinski definition) is 3. The molecule has 1 aliphatic rings. The summed E-state index contributed by atoms with van der Waals surface area (Å²) in [6.07, 6.45) is 5.09.